The first-order valence-electron chi connectivity index (χ1n) is 5.07. The number of aryl methyl sites for hydroxylation is 2. The quantitative estimate of drug-likeness (QED) is 0.702. The summed E-state index contributed by atoms with van der Waals surface area (Å²) in [7, 11) is 1.99. The average Bonchev–Trinajstić information content (AvgIpc) is 2.66. The Balaban J connectivity index is 2.20. The van der Waals surface area contributed by atoms with Gasteiger partial charge in [-0.1, -0.05) is 17.7 Å². The molecule has 2 nitrogen and oxygen atoms in total. The van der Waals surface area contributed by atoms with Gasteiger partial charge in [-0.3, -0.25) is 4.99 Å². The van der Waals surface area contributed by atoms with Crippen molar-refractivity contribution in [3.8, 4) is 0 Å². The molecule has 0 unspecified atom stereocenters. The molecule has 0 fully saturated rings. The van der Waals surface area contributed by atoms with Gasteiger partial charge in [-0.2, -0.15) is 0 Å². The van der Waals surface area contributed by atoms with Crippen LogP contribution in [0.5, 0.6) is 0 Å². The van der Waals surface area contributed by atoms with E-state index in [0.717, 1.165) is 21.8 Å². The van der Waals surface area contributed by atoms with E-state index in [-0.39, 0.29) is 0 Å². The average molecular weight is 233 g/mol. The van der Waals surface area contributed by atoms with Crippen molar-refractivity contribution in [3.05, 3.63) is 52.8 Å². The molecule has 0 aliphatic carbocycles. The lowest BCUT2D eigenvalue weighted by atomic mass is 10.2. The highest BCUT2D eigenvalue weighted by Crippen LogP contribution is 2.21. The first-order chi connectivity index (χ1) is 7.65. The van der Waals surface area contributed by atoms with Crippen LogP contribution in [0.4, 0.5) is 5.69 Å². The highest BCUT2D eigenvalue weighted by molar-refractivity contribution is 6.31. The SMILES string of the molecule is Cc1ccc(N=Cc2ccn(C)c2)cc1Cl. The second-order valence-corrected chi connectivity index (χ2v) is 4.21. The molecule has 0 saturated heterocycles. The van der Waals surface area contributed by atoms with Crippen molar-refractivity contribution in [3.63, 3.8) is 0 Å². The third kappa shape index (κ3) is 2.52. The van der Waals surface area contributed by atoms with Gasteiger partial charge in [-0.15, -0.1) is 0 Å². The van der Waals surface area contributed by atoms with E-state index in [2.05, 4.69) is 4.99 Å². The van der Waals surface area contributed by atoms with E-state index in [4.69, 9.17) is 11.6 Å². The van der Waals surface area contributed by atoms with Gasteiger partial charge in [-0.05, 0) is 30.7 Å². The van der Waals surface area contributed by atoms with E-state index < -0.39 is 0 Å². The van der Waals surface area contributed by atoms with E-state index in [9.17, 15) is 0 Å². The van der Waals surface area contributed by atoms with Crippen LogP contribution < -0.4 is 0 Å². The number of benzene rings is 1. The molecule has 82 valence electrons. The summed E-state index contributed by atoms with van der Waals surface area (Å²) >= 11 is 6.02. The van der Waals surface area contributed by atoms with E-state index in [1.54, 1.807) is 0 Å². The third-order valence-electron chi connectivity index (χ3n) is 2.37. The maximum absolute atomic E-state index is 6.02. The summed E-state index contributed by atoms with van der Waals surface area (Å²) in [6.45, 7) is 1.98. The minimum atomic E-state index is 0.753. The lowest BCUT2D eigenvalue weighted by molar-refractivity contribution is 0.927. The van der Waals surface area contributed by atoms with Crippen LogP contribution in [-0.4, -0.2) is 10.8 Å². The maximum Gasteiger partial charge on any atom is 0.0644 e. The molecule has 1 aromatic heterocycles. The molecule has 0 atom stereocenters. The molecule has 0 spiro atoms. The minimum Gasteiger partial charge on any atom is -0.357 e. The molecule has 0 N–H and O–H groups in total. The van der Waals surface area contributed by atoms with Gasteiger partial charge in [0.2, 0.25) is 0 Å². The summed E-state index contributed by atoms with van der Waals surface area (Å²) in [5.41, 5.74) is 3.03. The van der Waals surface area contributed by atoms with Gasteiger partial charge in [0, 0.05) is 36.2 Å². The monoisotopic (exact) mass is 232 g/mol. The Bertz CT molecular complexity index is 526. The number of aromatic nitrogens is 1. The lowest BCUT2D eigenvalue weighted by Gasteiger charge is -1.98. The van der Waals surface area contributed by atoms with Gasteiger partial charge in [0.25, 0.3) is 0 Å². The highest BCUT2D eigenvalue weighted by Gasteiger charge is 1.96. The first-order valence-corrected chi connectivity index (χ1v) is 5.45. The fraction of sp³-hybridized carbons (Fsp3) is 0.154. The predicted octanol–water partition coefficient (Wildman–Crippen LogP) is 3.74. The fourth-order valence-corrected chi connectivity index (χ4v) is 1.59. The van der Waals surface area contributed by atoms with Crippen molar-refractivity contribution in [1.82, 2.24) is 4.57 Å². The van der Waals surface area contributed by atoms with Crippen LogP contribution in [0.2, 0.25) is 5.02 Å². The Hall–Kier alpha value is -1.54. The van der Waals surface area contributed by atoms with E-state index >= 15 is 0 Å². The zero-order chi connectivity index (χ0) is 11.5. The number of hydrogen-bond donors (Lipinski definition) is 0. The fourth-order valence-electron chi connectivity index (χ4n) is 1.41. The van der Waals surface area contributed by atoms with Crippen molar-refractivity contribution >= 4 is 23.5 Å². The zero-order valence-electron chi connectivity index (χ0n) is 9.31. The predicted molar refractivity (Wildman–Crippen MR) is 68.9 cm³/mol. The van der Waals surface area contributed by atoms with Crippen LogP contribution in [0.25, 0.3) is 0 Å². The van der Waals surface area contributed by atoms with E-state index in [0.29, 0.717) is 0 Å². The van der Waals surface area contributed by atoms with Gasteiger partial charge >= 0.3 is 0 Å². The molecule has 0 aliphatic rings. The summed E-state index contributed by atoms with van der Waals surface area (Å²) in [4.78, 5) is 4.37. The largest absolute Gasteiger partial charge is 0.357 e. The van der Waals surface area contributed by atoms with E-state index in [1.807, 2.05) is 61.4 Å². The Labute approximate surface area is 100 Å². The molecule has 0 saturated carbocycles. The Morgan fingerprint density at radius 3 is 2.75 bits per heavy atom. The number of hydrogen-bond acceptors (Lipinski definition) is 1. The smallest absolute Gasteiger partial charge is 0.0644 e. The Morgan fingerprint density at radius 2 is 2.12 bits per heavy atom. The zero-order valence-corrected chi connectivity index (χ0v) is 10.1. The second kappa shape index (κ2) is 4.54. The molecule has 2 rings (SSSR count). The minimum absolute atomic E-state index is 0.753. The molecule has 0 radical (unpaired) electrons. The van der Waals surface area contributed by atoms with Crippen LogP contribution in [0, 0.1) is 6.92 Å². The number of rotatable bonds is 2. The number of nitrogens with zero attached hydrogens (tertiary/aromatic N) is 2. The van der Waals surface area contributed by atoms with Crippen molar-refractivity contribution in [1.29, 1.82) is 0 Å². The van der Waals surface area contributed by atoms with Crippen LogP contribution in [-0.2, 0) is 7.05 Å². The van der Waals surface area contributed by atoms with Gasteiger partial charge in [0.1, 0.15) is 0 Å². The first kappa shape index (κ1) is 11.0. The van der Waals surface area contributed by atoms with Crippen molar-refractivity contribution in [2.75, 3.05) is 0 Å². The molecule has 0 aliphatic heterocycles. The number of aliphatic imine (C=N–C) groups is 1. The molecule has 16 heavy (non-hydrogen) atoms. The van der Waals surface area contributed by atoms with Crippen LogP contribution in [0.3, 0.4) is 0 Å². The summed E-state index contributed by atoms with van der Waals surface area (Å²) in [6.07, 6.45) is 5.84. The van der Waals surface area contributed by atoms with Gasteiger partial charge < -0.3 is 4.57 Å². The van der Waals surface area contributed by atoms with Gasteiger partial charge in [0.15, 0.2) is 0 Å². The summed E-state index contributed by atoms with van der Waals surface area (Å²) < 4.78 is 1.99. The Kier molecular flexibility index (Phi) is 3.11. The summed E-state index contributed by atoms with van der Waals surface area (Å²) in [5, 5.41) is 0.753. The second-order valence-electron chi connectivity index (χ2n) is 3.80. The van der Waals surface area contributed by atoms with Crippen molar-refractivity contribution in [2.24, 2.45) is 12.0 Å². The van der Waals surface area contributed by atoms with Crippen molar-refractivity contribution in [2.45, 2.75) is 6.92 Å². The van der Waals surface area contributed by atoms with E-state index in [1.165, 1.54) is 0 Å². The maximum atomic E-state index is 6.02. The highest BCUT2D eigenvalue weighted by atomic mass is 35.5. The Morgan fingerprint density at radius 1 is 1.31 bits per heavy atom. The molecular formula is C13H13ClN2. The molecule has 0 bridgehead atoms. The van der Waals surface area contributed by atoms with Crippen LogP contribution in [0.15, 0.2) is 41.7 Å². The van der Waals surface area contributed by atoms with Gasteiger partial charge in [0.05, 0.1) is 5.69 Å². The van der Waals surface area contributed by atoms with Crippen LogP contribution in [0.1, 0.15) is 11.1 Å². The molecule has 0 amide bonds. The standard InChI is InChI=1S/C13H13ClN2/c1-10-3-4-12(7-13(10)14)15-8-11-5-6-16(2)9-11/h3-9H,1-2H3. The lowest BCUT2D eigenvalue weighted by Crippen LogP contribution is -1.80. The molecule has 1 heterocycles. The summed E-state index contributed by atoms with van der Waals surface area (Å²) in [5.74, 6) is 0. The molecular weight excluding hydrogens is 220 g/mol. The molecule has 1 aromatic carbocycles. The number of halogens is 1. The van der Waals surface area contributed by atoms with Gasteiger partial charge in [-0.25, -0.2) is 0 Å². The van der Waals surface area contributed by atoms with Crippen molar-refractivity contribution < 1.29 is 0 Å². The normalized spacial score (nSPS) is 11.2. The molecule has 2 aromatic rings. The third-order valence-corrected chi connectivity index (χ3v) is 2.78. The topological polar surface area (TPSA) is 17.3 Å². The van der Waals surface area contributed by atoms with Crippen LogP contribution >= 0.6 is 11.6 Å². The molecule has 3 heteroatoms. The summed E-state index contributed by atoms with van der Waals surface area (Å²) in [6, 6.07) is 7.82.